The van der Waals surface area contributed by atoms with Crippen molar-refractivity contribution in [1.29, 1.82) is 0 Å². The Balaban J connectivity index is 2.16. The summed E-state index contributed by atoms with van der Waals surface area (Å²) in [7, 11) is 3.27. The molecule has 0 amide bonds. The summed E-state index contributed by atoms with van der Waals surface area (Å²) in [5.74, 6) is 0. The summed E-state index contributed by atoms with van der Waals surface area (Å²) in [6, 6.07) is 12.5. The third-order valence-electron chi connectivity index (χ3n) is 3.90. The van der Waals surface area contributed by atoms with Crippen molar-refractivity contribution in [3.8, 4) is 0 Å². The third kappa shape index (κ3) is 5.82. The van der Waals surface area contributed by atoms with Crippen molar-refractivity contribution < 1.29 is 22.8 Å². The topological polar surface area (TPSA) is 55.2 Å². The Morgan fingerprint density at radius 3 is 2.50 bits per heavy atom. The van der Waals surface area contributed by atoms with Crippen LogP contribution < -0.4 is 5.32 Å². The van der Waals surface area contributed by atoms with Gasteiger partial charge in [0.15, 0.2) is 0 Å². The predicted octanol–water partition coefficient (Wildman–Crippen LogP) is 4.22. The van der Waals surface area contributed by atoms with Gasteiger partial charge in [0.05, 0.1) is 11.3 Å². The molecule has 0 aliphatic carbocycles. The van der Waals surface area contributed by atoms with E-state index in [2.05, 4.69) is 15.6 Å². The van der Waals surface area contributed by atoms with Gasteiger partial charge in [-0.1, -0.05) is 46.7 Å². The first-order valence-electron chi connectivity index (χ1n) is 8.54. The van der Waals surface area contributed by atoms with Crippen LogP contribution in [0.4, 0.5) is 13.2 Å². The summed E-state index contributed by atoms with van der Waals surface area (Å²) in [6.45, 7) is 2.23. The van der Waals surface area contributed by atoms with Gasteiger partial charge in [-0.05, 0) is 31.7 Å². The van der Waals surface area contributed by atoms with Crippen LogP contribution in [0.15, 0.2) is 58.8 Å². The maximum absolute atomic E-state index is 12.9. The number of hydrogen-bond acceptors (Lipinski definition) is 5. The average molecular weight is 393 g/mol. The molecule has 0 saturated carbocycles. The third-order valence-corrected chi connectivity index (χ3v) is 3.90. The largest absolute Gasteiger partial charge is 0.416 e. The second kappa shape index (κ2) is 9.89. The fourth-order valence-corrected chi connectivity index (χ4v) is 2.55. The Bertz CT molecular complexity index is 849. The molecule has 5 nitrogen and oxygen atoms in total. The van der Waals surface area contributed by atoms with Gasteiger partial charge in [-0.2, -0.15) is 13.2 Å². The Hall–Kier alpha value is -2.87. The van der Waals surface area contributed by atoms with E-state index in [1.807, 2.05) is 24.3 Å². The van der Waals surface area contributed by atoms with Crippen molar-refractivity contribution in [2.45, 2.75) is 19.7 Å². The van der Waals surface area contributed by atoms with Gasteiger partial charge in [0.1, 0.15) is 19.4 Å². The Labute approximate surface area is 161 Å². The molecule has 0 aliphatic heterocycles. The first-order valence-corrected chi connectivity index (χ1v) is 8.54. The van der Waals surface area contributed by atoms with Crippen LogP contribution in [0.1, 0.15) is 29.2 Å². The first-order chi connectivity index (χ1) is 13.4. The lowest BCUT2D eigenvalue weighted by Crippen LogP contribution is -2.21. The molecule has 0 aliphatic rings. The second-order valence-electron chi connectivity index (χ2n) is 5.94. The van der Waals surface area contributed by atoms with E-state index in [-0.39, 0.29) is 6.61 Å². The van der Waals surface area contributed by atoms with Crippen molar-refractivity contribution in [1.82, 2.24) is 5.32 Å². The fourth-order valence-electron chi connectivity index (χ4n) is 2.55. The molecule has 8 heteroatoms. The Morgan fingerprint density at radius 1 is 1.07 bits per heavy atom. The van der Waals surface area contributed by atoms with Crippen molar-refractivity contribution >= 4 is 11.4 Å². The normalized spacial score (nSPS) is 12.8. The smallest absolute Gasteiger partial charge is 0.399 e. The zero-order valence-electron chi connectivity index (χ0n) is 15.9. The average Bonchev–Trinajstić information content (AvgIpc) is 2.67. The molecule has 2 aromatic rings. The van der Waals surface area contributed by atoms with Crippen LogP contribution in [-0.2, 0) is 22.5 Å². The lowest BCUT2D eigenvalue weighted by Gasteiger charge is -2.11. The summed E-state index contributed by atoms with van der Waals surface area (Å²) in [4.78, 5) is 10.3. The van der Waals surface area contributed by atoms with Gasteiger partial charge in [0, 0.05) is 17.7 Å². The van der Waals surface area contributed by atoms with Crippen molar-refractivity contribution in [2.75, 3.05) is 20.7 Å². The quantitative estimate of drug-likeness (QED) is 0.540. The molecule has 28 heavy (non-hydrogen) atoms. The van der Waals surface area contributed by atoms with Crippen LogP contribution in [0.25, 0.3) is 0 Å². The molecule has 0 saturated heterocycles. The van der Waals surface area contributed by atoms with E-state index in [1.165, 1.54) is 13.2 Å². The van der Waals surface area contributed by atoms with Gasteiger partial charge in [0.25, 0.3) is 0 Å². The molecule has 0 unspecified atom stereocenters. The molecule has 2 aromatic carbocycles. The zero-order chi connectivity index (χ0) is 20.6. The van der Waals surface area contributed by atoms with Crippen LogP contribution in [0.5, 0.6) is 0 Å². The molecule has 0 spiro atoms. The number of halogens is 3. The van der Waals surface area contributed by atoms with Gasteiger partial charge in [-0.15, -0.1) is 0 Å². The van der Waals surface area contributed by atoms with Gasteiger partial charge >= 0.3 is 6.18 Å². The number of rotatable bonds is 8. The van der Waals surface area contributed by atoms with E-state index < -0.39 is 11.7 Å². The second-order valence-corrected chi connectivity index (χ2v) is 5.94. The molecule has 2 rings (SSSR count). The summed E-state index contributed by atoms with van der Waals surface area (Å²) >= 11 is 0. The SMILES string of the molecule is CNC/C(=N/OC)c1ccccc1CO/N=C(\C)c1cccc(C(F)(F)F)c1. The van der Waals surface area contributed by atoms with E-state index >= 15 is 0 Å². The number of benzene rings is 2. The van der Waals surface area contributed by atoms with Gasteiger partial charge in [-0.3, -0.25) is 0 Å². The van der Waals surface area contributed by atoms with Crippen molar-refractivity contribution in [2.24, 2.45) is 10.3 Å². The molecule has 0 atom stereocenters. The fraction of sp³-hybridized carbons (Fsp3) is 0.300. The molecule has 0 fully saturated rings. The van der Waals surface area contributed by atoms with Crippen molar-refractivity contribution in [3.05, 3.63) is 70.8 Å². The van der Waals surface area contributed by atoms with Gasteiger partial charge in [0.2, 0.25) is 0 Å². The lowest BCUT2D eigenvalue weighted by molar-refractivity contribution is -0.137. The van der Waals surface area contributed by atoms with Crippen LogP contribution in [-0.4, -0.2) is 32.1 Å². The maximum atomic E-state index is 12.9. The highest BCUT2D eigenvalue weighted by Crippen LogP contribution is 2.29. The van der Waals surface area contributed by atoms with E-state index in [9.17, 15) is 13.2 Å². The van der Waals surface area contributed by atoms with Crippen LogP contribution in [0.2, 0.25) is 0 Å². The number of nitrogens with zero attached hydrogens (tertiary/aromatic N) is 2. The van der Waals surface area contributed by atoms with E-state index in [0.717, 1.165) is 23.3 Å². The molecule has 0 bridgehead atoms. The van der Waals surface area contributed by atoms with Gasteiger partial charge in [-0.25, -0.2) is 0 Å². The summed E-state index contributed by atoms with van der Waals surface area (Å²) in [6.07, 6.45) is -4.40. The minimum atomic E-state index is -4.40. The number of likely N-dealkylation sites (N-methyl/N-ethyl adjacent to an activating group) is 1. The standard InChI is InChI=1S/C20H22F3N3O2/c1-14(15-8-6-9-17(11-15)20(21,22)23)25-28-13-16-7-4-5-10-18(16)19(12-24-2)26-27-3/h4-11,24H,12-13H2,1-3H3/b25-14+,26-19-. The maximum Gasteiger partial charge on any atom is 0.416 e. The molecular weight excluding hydrogens is 371 g/mol. The molecular formula is C20H22F3N3O2. The highest BCUT2D eigenvalue weighted by atomic mass is 19.4. The number of oxime groups is 2. The highest BCUT2D eigenvalue weighted by Gasteiger charge is 2.30. The molecule has 0 heterocycles. The predicted molar refractivity (Wildman–Crippen MR) is 102 cm³/mol. The van der Waals surface area contributed by atoms with E-state index in [1.54, 1.807) is 20.0 Å². The minimum Gasteiger partial charge on any atom is -0.399 e. The minimum absolute atomic E-state index is 0.138. The van der Waals surface area contributed by atoms with E-state index in [0.29, 0.717) is 23.5 Å². The van der Waals surface area contributed by atoms with Crippen LogP contribution >= 0.6 is 0 Å². The first kappa shape index (κ1) is 21.4. The van der Waals surface area contributed by atoms with E-state index in [4.69, 9.17) is 9.68 Å². The number of hydrogen-bond donors (Lipinski definition) is 1. The molecule has 0 aromatic heterocycles. The summed E-state index contributed by atoms with van der Waals surface area (Å²) < 4.78 is 38.6. The van der Waals surface area contributed by atoms with Gasteiger partial charge < -0.3 is 15.0 Å². The molecule has 150 valence electrons. The molecule has 1 N–H and O–H groups in total. The Kier molecular flexibility index (Phi) is 7.57. The molecule has 0 radical (unpaired) electrons. The monoisotopic (exact) mass is 393 g/mol. The lowest BCUT2D eigenvalue weighted by atomic mass is 10.0. The summed E-state index contributed by atoms with van der Waals surface area (Å²) in [5, 5.41) is 11.0. The van der Waals surface area contributed by atoms with Crippen LogP contribution in [0, 0.1) is 0 Å². The summed E-state index contributed by atoms with van der Waals surface area (Å²) in [5.41, 5.74) is 2.34. The Morgan fingerprint density at radius 2 is 1.82 bits per heavy atom. The number of nitrogens with one attached hydrogen (secondary N) is 1. The zero-order valence-corrected chi connectivity index (χ0v) is 15.9. The highest BCUT2D eigenvalue weighted by molar-refractivity contribution is 6.03. The van der Waals surface area contributed by atoms with Crippen LogP contribution in [0.3, 0.4) is 0 Å². The van der Waals surface area contributed by atoms with Crippen molar-refractivity contribution in [3.63, 3.8) is 0 Å². The number of alkyl halides is 3.